The molecule has 1 aromatic rings. The number of benzene rings is 1. The third kappa shape index (κ3) is 4.62. The standard InChI is InChI=1S/C23H28ClNO4/c1-5-28-10-11-29-22(27)19-14(2)25-17-12-23(3,4)13-18(26)21(17)20(19)15-8-6-7-9-16(15)24/h6-9,19-20H,5,10-13H2,1-4H3/t19?,20-/m0/s1. The predicted molar refractivity (Wildman–Crippen MR) is 113 cm³/mol. The zero-order chi connectivity index (χ0) is 21.2. The fourth-order valence-electron chi connectivity index (χ4n) is 4.25. The van der Waals surface area contributed by atoms with E-state index < -0.39 is 17.8 Å². The second kappa shape index (κ2) is 8.80. The molecule has 0 saturated heterocycles. The summed E-state index contributed by atoms with van der Waals surface area (Å²) in [6.45, 7) is 8.91. The summed E-state index contributed by atoms with van der Waals surface area (Å²) >= 11 is 6.51. The van der Waals surface area contributed by atoms with Crippen molar-refractivity contribution in [2.45, 2.75) is 46.5 Å². The van der Waals surface area contributed by atoms with Crippen molar-refractivity contribution in [1.29, 1.82) is 0 Å². The zero-order valence-electron chi connectivity index (χ0n) is 17.5. The van der Waals surface area contributed by atoms with E-state index in [0.29, 0.717) is 42.4 Å². The molecular weight excluding hydrogens is 390 g/mol. The molecule has 3 rings (SSSR count). The summed E-state index contributed by atoms with van der Waals surface area (Å²) in [5.74, 6) is -1.54. The van der Waals surface area contributed by atoms with E-state index in [2.05, 4.69) is 13.8 Å². The molecule has 0 aromatic heterocycles. The molecule has 1 aromatic carbocycles. The number of ketones is 1. The molecule has 1 aliphatic carbocycles. The number of aliphatic imine (C=N–C) groups is 1. The number of nitrogens with zero attached hydrogens (tertiary/aromatic N) is 1. The molecular formula is C23H28ClNO4. The number of esters is 1. The Morgan fingerprint density at radius 2 is 1.97 bits per heavy atom. The molecule has 0 bridgehead atoms. The van der Waals surface area contributed by atoms with E-state index in [0.717, 1.165) is 11.3 Å². The Bertz CT molecular complexity index is 871. The lowest BCUT2D eigenvalue weighted by molar-refractivity contribution is -0.148. The molecule has 0 radical (unpaired) electrons. The summed E-state index contributed by atoms with van der Waals surface area (Å²) in [4.78, 5) is 30.9. The first-order chi connectivity index (χ1) is 13.7. The number of carbonyl (C=O) groups is 2. The highest BCUT2D eigenvalue weighted by molar-refractivity contribution is 6.31. The maximum atomic E-state index is 13.2. The first kappa shape index (κ1) is 21.7. The maximum Gasteiger partial charge on any atom is 0.315 e. The number of hydrogen-bond acceptors (Lipinski definition) is 5. The third-order valence-electron chi connectivity index (χ3n) is 5.47. The van der Waals surface area contributed by atoms with Gasteiger partial charge in [0.25, 0.3) is 0 Å². The summed E-state index contributed by atoms with van der Waals surface area (Å²) in [7, 11) is 0. The highest BCUT2D eigenvalue weighted by Gasteiger charge is 2.46. The van der Waals surface area contributed by atoms with Gasteiger partial charge in [-0.1, -0.05) is 43.6 Å². The lowest BCUT2D eigenvalue weighted by Gasteiger charge is -2.39. The van der Waals surface area contributed by atoms with E-state index >= 15 is 0 Å². The smallest absolute Gasteiger partial charge is 0.315 e. The fourth-order valence-corrected chi connectivity index (χ4v) is 4.50. The van der Waals surface area contributed by atoms with Crippen LogP contribution in [0.1, 0.15) is 52.0 Å². The van der Waals surface area contributed by atoms with E-state index in [1.54, 1.807) is 6.07 Å². The Morgan fingerprint density at radius 1 is 1.24 bits per heavy atom. The lowest BCUT2D eigenvalue weighted by atomic mass is 9.67. The van der Waals surface area contributed by atoms with Gasteiger partial charge in [0, 0.05) is 41.0 Å². The molecule has 1 aliphatic heterocycles. The fraction of sp³-hybridized carbons (Fsp3) is 0.522. The average molecular weight is 418 g/mol. The topological polar surface area (TPSA) is 65.0 Å². The van der Waals surface area contributed by atoms with Crippen LogP contribution in [0.25, 0.3) is 0 Å². The van der Waals surface area contributed by atoms with Crippen LogP contribution in [0.15, 0.2) is 40.5 Å². The highest BCUT2D eigenvalue weighted by atomic mass is 35.5. The van der Waals surface area contributed by atoms with E-state index in [4.69, 9.17) is 26.1 Å². The Balaban J connectivity index is 2.04. The molecule has 29 heavy (non-hydrogen) atoms. The lowest BCUT2D eigenvalue weighted by Crippen LogP contribution is -2.39. The van der Waals surface area contributed by atoms with Crippen molar-refractivity contribution >= 4 is 29.1 Å². The van der Waals surface area contributed by atoms with Crippen molar-refractivity contribution in [3.8, 4) is 0 Å². The van der Waals surface area contributed by atoms with Gasteiger partial charge in [-0.25, -0.2) is 0 Å². The van der Waals surface area contributed by atoms with Crippen molar-refractivity contribution in [2.24, 2.45) is 16.3 Å². The van der Waals surface area contributed by atoms with E-state index in [-0.39, 0.29) is 17.8 Å². The van der Waals surface area contributed by atoms with Crippen LogP contribution in [-0.2, 0) is 19.1 Å². The molecule has 0 fully saturated rings. The van der Waals surface area contributed by atoms with Gasteiger partial charge >= 0.3 is 5.97 Å². The van der Waals surface area contributed by atoms with E-state index in [1.807, 2.05) is 32.0 Å². The van der Waals surface area contributed by atoms with Crippen LogP contribution < -0.4 is 0 Å². The van der Waals surface area contributed by atoms with Crippen LogP contribution >= 0.6 is 11.6 Å². The molecule has 1 heterocycles. The Hall–Kier alpha value is -1.98. The molecule has 0 N–H and O–H groups in total. The van der Waals surface area contributed by atoms with Crippen molar-refractivity contribution in [3.05, 3.63) is 46.1 Å². The second-order valence-corrected chi connectivity index (χ2v) is 8.80. The minimum atomic E-state index is -0.680. The quantitative estimate of drug-likeness (QED) is 0.495. The van der Waals surface area contributed by atoms with Crippen molar-refractivity contribution in [2.75, 3.05) is 19.8 Å². The van der Waals surface area contributed by atoms with Crippen LogP contribution in [0, 0.1) is 11.3 Å². The second-order valence-electron chi connectivity index (χ2n) is 8.40. The molecule has 2 atom stereocenters. The summed E-state index contributed by atoms with van der Waals surface area (Å²) < 4.78 is 10.7. The van der Waals surface area contributed by atoms with Gasteiger partial charge in [0.2, 0.25) is 0 Å². The third-order valence-corrected chi connectivity index (χ3v) is 5.82. The molecule has 5 nitrogen and oxygen atoms in total. The predicted octanol–water partition coefficient (Wildman–Crippen LogP) is 4.74. The minimum Gasteiger partial charge on any atom is -0.463 e. The SMILES string of the molecule is CCOCCOC(=O)C1C(C)=NC2=C(C(=O)CC(C)(C)C2)[C@H]1c1ccccc1Cl. The summed E-state index contributed by atoms with van der Waals surface area (Å²) in [5.41, 5.74) is 2.63. The molecule has 2 aliphatic rings. The number of carbonyl (C=O) groups excluding carboxylic acids is 2. The summed E-state index contributed by atoms with van der Waals surface area (Å²) in [6, 6.07) is 7.38. The normalized spacial score (nSPS) is 23.5. The Morgan fingerprint density at radius 3 is 2.66 bits per heavy atom. The van der Waals surface area contributed by atoms with Gasteiger partial charge in [-0.05, 0) is 37.3 Å². The first-order valence-electron chi connectivity index (χ1n) is 10.1. The van der Waals surface area contributed by atoms with Gasteiger partial charge < -0.3 is 9.47 Å². The van der Waals surface area contributed by atoms with Gasteiger partial charge in [0.15, 0.2) is 5.78 Å². The molecule has 1 unspecified atom stereocenters. The van der Waals surface area contributed by atoms with E-state index in [9.17, 15) is 9.59 Å². The molecule has 0 spiro atoms. The minimum absolute atomic E-state index is 0.0320. The number of allylic oxidation sites excluding steroid dienone is 2. The van der Waals surface area contributed by atoms with Crippen LogP contribution in [0.3, 0.4) is 0 Å². The largest absolute Gasteiger partial charge is 0.463 e. The van der Waals surface area contributed by atoms with E-state index in [1.165, 1.54) is 0 Å². The van der Waals surface area contributed by atoms with Crippen LogP contribution in [-0.4, -0.2) is 37.3 Å². The van der Waals surface area contributed by atoms with Gasteiger partial charge in [-0.3, -0.25) is 14.6 Å². The Labute approximate surface area is 177 Å². The average Bonchev–Trinajstić information content (AvgIpc) is 2.63. The van der Waals surface area contributed by atoms with Crippen molar-refractivity contribution in [1.82, 2.24) is 0 Å². The van der Waals surface area contributed by atoms with Gasteiger partial charge in [0.05, 0.1) is 6.61 Å². The van der Waals surface area contributed by atoms with Gasteiger partial charge in [-0.2, -0.15) is 0 Å². The summed E-state index contributed by atoms with van der Waals surface area (Å²) in [6.07, 6.45) is 1.12. The molecule has 6 heteroatoms. The monoisotopic (exact) mass is 417 g/mol. The van der Waals surface area contributed by atoms with Gasteiger partial charge in [-0.15, -0.1) is 0 Å². The Kier molecular flexibility index (Phi) is 6.59. The first-order valence-corrected chi connectivity index (χ1v) is 10.4. The maximum absolute atomic E-state index is 13.2. The number of Topliss-reactive ketones (excluding diaryl/α,β-unsaturated/α-hetero) is 1. The van der Waals surface area contributed by atoms with Crippen molar-refractivity contribution < 1.29 is 19.1 Å². The van der Waals surface area contributed by atoms with Crippen LogP contribution in [0.5, 0.6) is 0 Å². The molecule has 156 valence electrons. The summed E-state index contributed by atoms with van der Waals surface area (Å²) in [5, 5.41) is 0.531. The number of halogens is 1. The molecule has 0 amide bonds. The van der Waals surface area contributed by atoms with Crippen LogP contribution in [0.2, 0.25) is 5.02 Å². The number of hydrogen-bond donors (Lipinski definition) is 0. The van der Waals surface area contributed by atoms with Crippen LogP contribution in [0.4, 0.5) is 0 Å². The number of rotatable bonds is 6. The van der Waals surface area contributed by atoms with Crippen molar-refractivity contribution in [3.63, 3.8) is 0 Å². The van der Waals surface area contributed by atoms with Gasteiger partial charge in [0.1, 0.15) is 12.5 Å². The zero-order valence-corrected chi connectivity index (χ0v) is 18.2. The highest BCUT2D eigenvalue weighted by Crippen LogP contribution is 2.49. The number of ether oxygens (including phenoxy) is 2. The molecule has 0 saturated carbocycles.